The van der Waals surface area contributed by atoms with E-state index in [0.717, 1.165) is 5.56 Å². The lowest BCUT2D eigenvalue weighted by atomic mass is 9.99. The van der Waals surface area contributed by atoms with Crippen LogP contribution in [0.4, 0.5) is 14.9 Å². The van der Waals surface area contributed by atoms with E-state index < -0.39 is 33.5 Å². The summed E-state index contributed by atoms with van der Waals surface area (Å²) in [7, 11) is -2.76. The van der Waals surface area contributed by atoms with Gasteiger partial charge in [0.05, 0.1) is 17.6 Å². The highest BCUT2D eigenvalue weighted by Crippen LogP contribution is 2.30. The van der Waals surface area contributed by atoms with Crippen LogP contribution in [0.15, 0.2) is 65.6 Å². The Morgan fingerprint density at radius 2 is 1.54 bits per heavy atom. The maximum atomic E-state index is 15.6. The number of nitrogens with one attached hydrogen (secondary N) is 2. The fourth-order valence-electron chi connectivity index (χ4n) is 3.52. The van der Waals surface area contributed by atoms with Crippen LogP contribution in [-0.4, -0.2) is 33.1 Å². The van der Waals surface area contributed by atoms with Crippen LogP contribution in [0.1, 0.15) is 53.4 Å². The first kappa shape index (κ1) is 29.4. The summed E-state index contributed by atoms with van der Waals surface area (Å²) in [5, 5.41) is 2.54. The molecule has 8 nitrogen and oxygen atoms in total. The number of ether oxygens (including phenoxy) is 2. The van der Waals surface area contributed by atoms with E-state index >= 15 is 4.39 Å². The first-order chi connectivity index (χ1) is 18.2. The summed E-state index contributed by atoms with van der Waals surface area (Å²) in [6.07, 6.45) is 0.423. The molecule has 2 amide bonds. The Morgan fingerprint density at radius 3 is 2.10 bits per heavy atom. The van der Waals surface area contributed by atoms with E-state index in [4.69, 9.17) is 9.47 Å². The van der Waals surface area contributed by atoms with E-state index in [1.165, 1.54) is 37.5 Å². The van der Waals surface area contributed by atoms with Crippen LogP contribution in [0.3, 0.4) is 0 Å². The molecule has 0 aromatic heterocycles. The standard InChI is InChI=1S/C29H31FN2O6S/c1-18-7-13-22(14-8-18)39(35,36)32-27(33)24-17-26(31-28(34)38-29(3,4)5)19(2)15-23(24)25(30)16-20-9-11-21(37-6)12-10-20/h7-17H,1-6H3,(H,31,34)(H,32,33)/b25-16-. The Kier molecular flexibility index (Phi) is 8.81. The Hall–Kier alpha value is -4.18. The molecule has 0 aliphatic rings. The summed E-state index contributed by atoms with van der Waals surface area (Å²) < 4.78 is 53.8. The molecule has 3 aromatic rings. The van der Waals surface area contributed by atoms with Crippen molar-refractivity contribution in [1.29, 1.82) is 0 Å². The van der Waals surface area contributed by atoms with Gasteiger partial charge in [0, 0.05) is 11.3 Å². The highest BCUT2D eigenvalue weighted by atomic mass is 32.2. The number of hydrogen-bond acceptors (Lipinski definition) is 6. The summed E-state index contributed by atoms with van der Waals surface area (Å²) in [5.41, 5.74) is 0.660. The monoisotopic (exact) mass is 554 g/mol. The smallest absolute Gasteiger partial charge is 0.412 e. The topological polar surface area (TPSA) is 111 Å². The van der Waals surface area contributed by atoms with Gasteiger partial charge in [-0.3, -0.25) is 10.1 Å². The van der Waals surface area contributed by atoms with Crippen molar-refractivity contribution in [1.82, 2.24) is 4.72 Å². The second kappa shape index (κ2) is 11.7. The molecule has 2 N–H and O–H groups in total. The third-order valence-corrected chi connectivity index (χ3v) is 6.82. The number of benzene rings is 3. The average Bonchev–Trinajstić information content (AvgIpc) is 2.84. The van der Waals surface area contributed by atoms with Gasteiger partial charge in [0.1, 0.15) is 17.2 Å². The van der Waals surface area contributed by atoms with Gasteiger partial charge in [-0.15, -0.1) is 0 Å². The van der Waals surface area contributed by atoms with Crippen molar-refractivity contribution in [3.63, 3.8) is 0 Å². The van der Waals surface area contributed by atoms with E-state index in [-0.39, 0.29) is 21.7 Å². The second-order valence-electron chi connectivity index (χ2n) is 9.85. The van der Waals surface area contributed by atoms with Crippen LogP contribution >= 0.6 is 0 Å². The van der Waals surface area contributed by atoms with Gasteiger partial charge in [-0.1, -0.05) is 29.8 Å². The zero-order chi connectivity index (χ0) is 29.0. The van der Waals surface area contributed by atoms with Gasteiger partial charge in [0.2, 0.25) is 0 Å². The maximum Gasteiger partial charge on any atom is 0.412 e. The molecule has 3 rings (SSSR count). The summed E-state index contributed by atoms with van der Waals surface area (Å²) in [6, 6.07) is 15.1. The largest absolute Gasteiger partial charge is 0.497 e. The molecular formula is C29H31FN2O6S. The molecule has 0 atom stereocenters. The van der Waals surface area contributed by atoms with Gasteiger partial charge in [-0.25, -0.2) is 22.3 Å². The molecular weight excluding hydrogens is 523 g/mol. The minimum absolute atomic E-state index is 0.128. The molecule has 0 radical (unpaired) electrons. The molecule has 0 saturated carbocycles. The molecule has 39 heavy (non-hydrogen) atoms. The number of methoxy groups -OCH3 is 1. The van der Waals surface area contributed by atoms with Crippen LogP contribution in [0.5, 0.6) is 5.75 Å². The number of halogens is 1. The first-order valence-corrected chi connectivity index (χ1v) is 13.5. The van der Waals surface area contributed by atoms with E-state index in [0.29, 0.717) is 16.9 Å². The summed E-state index contributed by atoms with van der Waals surface area (Å²) >= 11 is 0. The van der Waals surface area contributed by atoms with E-state index in [9.17, 15) is 18.0 Å². The van der Waals surface area contributed by atoms with Crippen molar-refractivity contribution in [2.75, 3.05) is 12.4 Å². The lowest BCUT2D eigenvalue weighted by Crippen LogP contribution is -2.31. The highest BCUT2D eigenvalue weighted by molar-refractivity contribution is 7.90. The van der Waals surface area contributed by atoms with Crippen molar-refractivity contribution in [2.24, 2.45) is 0 Å². The predicted molar refractivity (Wildman–Crippen MR) is 149 cm³/mol. The molecule has 10 heteroatoms. The van der Waals surface area contributed by atoms with Crippen LogP contribution in [0.2, 0.25) is 0 Å². The molecule has 0 heterocycles. The fourth-order valence-corrected chi connectivity index (χ4v) is 4.49. The normalized spacial score (nSPS) is 12.0. The van der Waals surface area contributed by atoms with Crippen molar-refractivity contribution in [2.45, 2.75) is 45.1 Å². The Balaban J connectivity index is 2.06. The first-order valence-electron chi connectivity index (χ1n) is 12.0. The fraction of sp³-hybridized carbons (Fsp3) is 0.241. The minimum Gasteiger partial charge on any atom is -0.497 e. The number of carbonyl (C=O) groups is 2. The lowest BCUT2D eigenvalue weighted by Gasteiger charge is -2.21. The van der Waals surface area contributed by atoms with Crippen LogP contribution in [0, 0.1) is 13.8 Å². The zero-order valence-corrected chi connectivity index (χ0v) is 23.4. The van der Waals surface area contributed by atoms with Crippen molar-refractivity contribution < 1.29 is 31.9 Å². The van der Waals surface area contributed by atoms with E-state index in [1.54, 1.807) is 71.0 Å². The number of aryl methyl sites for hydroxylation is 2. The third kappa shape index (κ3) is 7.90. The van der Waals surface area contributed by atoms with Crippen LogP contribution in [0.25, 0.3) is 11.9 Å². The van der Waals surface area contributed by atoms with Crippen molar-refractivity contribution in [3.05, 3.63) is 88.5 Å². The molecule has 3 aromatic carbocycles. The Morgan fingerprint density at radius 1 is 0.923 bits per heavy atom. The van der Waals surface area contributed by atoms with Gasteiger partial charge >= 0.3 is 6.09 Å². The van der Waals surface area contributed by atoms with Gasteiger partial charge in [0.15, 0.2) is 0 Å². The molecule has 0 aliphatic carbocycles. The number of sulfonamides is 1. The number of anilines is 1. The molecule has 0 aliphatic heterocycles. The van der Waals surface area contributed by atoms with Gasteiger partial charge < -0.3 is 9.47 Å². The number of rotatable bonds is 7. The second-order valence-corrected chi connectivity index (χ2v) is 11.5. The summed E-state index contributed by atoms with van der Waals surface area (Å²) in [4.78, 5) is 25.6. The van der Waals surface area contributed by atoms with E-state index in [2.05, 4.69) is 5.32 Å². The van der Waals surface area contributed by atoms with Crippen LogP contribution < -0.4 is 14.8 Å². The Bertz CT molecular complexity index is 1510. The summed E-state index contributed by atoms with van der Waals surface area (Å²) in [6.45, 7) is 8.48. The van der Waals surface area contributed by atoms with Crippen molar-refractivity contribution >= 4 is 39.6 Å². The maximum absolute atomic E-state index is 15.6. The molecule has 0 bridgehead atoms. The van der Waals surface area contributed by atoms with Crippen molar-refractivity contribution in [3.8, 4) is 5.75 Å². The van der Waals surface area contributed by atoms with Crippen LogP contribution in [-0.2, 0) is 14.8 Å². The number of amides is 2. The Labute approximate surface area is 227 Å². The lowest BCUT2D eigenvalue weighted by molar-refractivity contribution is 0.0635. The zero-order valence-electron chi connectivity index (χ0n) is 22.6. The number of hydrogen-bond donors (Lipinski definition) is 2. The molecule has 206 valence electrons. The van der Waals surface area contributed by atoms with E-state index in [1.807, 2.05) is 4.72 Å². The van der Waals surface area contributed by atoms with Gasteiger partial charge in [-0.2, -0.15) is 0 Å². The van der Waals surface area contributed by atoms with Gasteiger partial charge in [0.25, 0.3) is 15.9 Å². The predicted octanol–water partition coefficient (Wildman–Crippen LogP) is 6.25. The molecule has 0 fully saturated rings. The molecule has 0 spiro atoms. The molecule has 0 saturated heterocycles. The third-order valence-electron chi connectivity index (χ3n) is 5.47. The average molecular weight is 555 g/mol. The quantitative estimate of drug-likeness (QED) is 0.334. The summed E-state index contributed by atoms with van der Waals surface area (Å²) in [5.74, 6) is -1.27. The van der Waals surface area contributed by atoms with Gasteiger partial charge in [-0.05, 0) is 88.2 Å². The highest BCUT2D eigenvalue weighted by Gasteiger charge is 2.24. The number of carbonyl (C=O) groups excluding carboxylic acids is 2. The molecule has 0 unspecified atom stereocenters. The SMILES string of the molecule is COc1ccc(/C=C(\F)c2cc(C)c(NC(=O)OC(C)(C)C)cc2C(=O)NS(=O)(=O)c2ccc(C)cc2)cc1. The minimum atomic E-state index is -4.27.